The van der Waals surface area contributed by atoms with Crippen LogP contribution in [0.5, 0.6) is 28.7 Å². The Labute approximate surface area is 224 Å². The third-order valence-corrected chi connectivity index (χ3v) is 7.63. The first-order valence-corrected chi connectivity index (χ1v) is 13.1. The molecule has 5 unspecified atom stereocenters. The van der Waals surface area contributed by atoms with Crippen LogP contribution in [0.1, 0.15) is 54.9 Å². The smallest absolute Gasteiger partial charge is 0.310 e. The molecule has 2 aromatic carbocycles. The van der Waals surface area contributed by atoms with Crippen LogP contribution in [0.25, 0.3) is 0 Å². The van der Waals surface area contributed by atoms with Crippen molar-refractivity contribution in [2.45, 2.75) is 38.2 Å². The zero-order valence-corrected chi connectivity index (χ0v) is 23.1. The van der Waals surface area contributed by atoms with Gasteiger partial charge in [0.1, 0.15) is 6.10 Å². The molecule has 5 rings (SSSR count). The van der Waals surface area contributed by atoms with E-state index < -0.39 is 12.0 Å². The summed E-state index contributed by atoms with van der Waals surface area (Å²) in [6.45, 7) is 2.48. The first-order chi connectivity index (χ1) is 18.5. The Hall–Kier alpha value is -3.32. The normalized spacial score (nSPS) is 23.3. The molecule has 2 aliphatic heterocycles. The predicted molar refractivity (Wildman–Crippen MR) is 141 cm³/mol. The molecule has 2 aromatic rings. The zero-order chi connectivity index (χ0) is 26.8. The van der Waals surface area contributed by atoms with E-state index in [1.807, 2.05) is 30.3 Å². The summed E-state index contributed by atoms with van der Waals surface area (Å²) in [6.07, 6.45) is 4.32. The second-order valence-electron chi connectivity index (χ2n) is 9.41. The fourth-order valence-corrected chi connectivity index (χ4v) is 5.77. The Bertz CT molecular complexity index is 1200. The van der Waals surface area contributed by atoms with E-state index in [1.54, 1.807) is 21.3 Å². The monoisotopic (exact) mass is 544 g/mol. The van der Waals surface area contributed by atoms with Crippen molar-refractivity contribution in [2.75, 3.05) is 34.7 Å². The first kappa shape index (κ1) is 26.3. The molecule has 5 atom stereocenters. The van der Waals surface area contributed by atoms with Crippen LogP contribution in [0.2, 0.25) is 0 Å². The van der Waals surface area contributed by atoms with E-state index in [1.165, 1.54) is 0 Å². The first-order valence-electron chi connectivity index (χ1n) is 12.7. The van der Waals surface area contributed by atoms with Gasteiger partial charge in [0.25, 0.3) is 5.95 Å². The topological polar surface area (TPSA) is 90.9 Å². The van der Waals surface area contributed by atoms with Crippen LogP contribution in [0.15, 0.2) is 36.3 Å². The number of methoxy groups -OCH3 is 3. The molecule has 38 heavy (non-hydrogen) atoms. The molecular formula is C28H33O9P. The summed E-state index contributed by atoms with van der Waals surface area (Å²) in [5.74, 6) is 1.68. The quantitative estimate of drug-likeness (QED) is 0.172. The van der Waals surface area contributed by atoms with E-state index in [9.17, 15) is 4.79 Å². The van der Waals surface area contributed by atoms with Crippen molar-refractivity contribution in [1.29, 1.82) is 0 Å². The van der Waals surface area contributed by atoms with Gasteiger partial charge in [0.05, 0.1) is 43.3 Å². The number of esters is 1. The number of allylic oxidation sites excluding steroid dienone is 1. The van der Waals surface area contributed by atoms with Gasteiger partial charge in [-0.1, -0.05) is 13.3 Å². The number of carbonyl (C=O) groups excluding carboxylic acids is 1. The second kappa shape index (κ2) is 11.2. The molecule has 204 valence electrons. The molecule has 0 amide bonds. The highest BCUT2D eigenvalue weighted by Crippen LogP contribution is 2.57. The number of carbonyl (C=O) groups is 1. The SMILES string of the molecule is CCCC/C=C(/OP)OC1c2cc3c(cc2C(c2cc(OC)c(OC)c(OC)c2)C2C(=O)OCC12)OCO3. The van der Waals surface area contributed by atoms with Crippen LogP contribution in [-0.4, -0.2) is 40.7 Å². The van der Waals surface area contributed by atoms with Crippen molar-refractivity contribution in [1.82, 2.24) is 0 Å². The number of rotatable bonds is 10. The Morgan fingerprint density at radius 3 is 2.29 bits per heavy atom. The molecule has 0 radical (unpaired) electrons. The van der Waals surface area contributed by atoms with Crippen LogP contribution in [-0.2, 0) is 18.8 Å². The van der Waals surface area contributed by atoms with Gasteiger partial charge in [0.2, 0.25) is 12.5 Å². The number of ether oxygens (including phenoxy) is 7. The third kappa shape index (κ3) is 4.57. The number of hydrogen-bond acceptors (Lipinski definition) is 9. The molecule has 0 N–H and O–H groups in total. The molecule has 3 aliphatic rings. The molecule has 9 nitrogen and oxygen atoms in total. The lowest BCUT2D eigenvalue weighted by molar-refractivity contribution is -0.141. The van der Waals surface area contributed by atoms with Gasteiger partial charge < -0.3 is 37.7 Å². The molecule has 2 heterocycles. The van der Waals surface area contributed by atoms with E-state index in [0.29, 0.717) is 34.7 Å². The van der Waals surface area contributed by atoms with Crippen molar-refractivity contribution in [3.63, 3.8) is 0 Å². The minimum absolute atomic E-state index is 0.129. The lowest BCUT2D eigenvalue weighted by atomic mass is 9.66. The van der Waals surface area contributed by atoms with Gasteiger partial charge in [0.15, 0.2) is 23.0 Å². The fraction of sp³-hybridized carbons (Fsp3) is 0.464. The van der Waals surface area contributed by atoms with E-state index >= 15 is 0 Å². The number of benzene rings is 2. The molecule has 1 aliphatic carbocycles. The molecule has 0 spiro atoms. The van der Waals surface area contributed by atoms with Crippen molar-refractivity contribution in [3.8, 4) is 28.7 Å². The largest absolute Gasteiger partial charge is 0.493 e. The van der Waals surface area contributed by atoms with Crippen LogP contribution in [0.4, 0.5) is 0 Å². The van der Waals surface area contributed by atoms with Crippen molar-refractivity contribution in [3.05, 3.63) is 53.0 Å². The average Bonchev–Trinajstić information content (AvgIpc) is 3.56. The van der Waals surface area contributed by atoms with Crippen LogP contribution in [0, 0.1) is 11.8 Å². The number of fused-ring (bicyclic) bond motifs is 3. The van der Waals surface area contributed by atoms with Crippen molar-refractivity contribution < 1.29 is 42.5 Å². The van der Waals surface area contributed by atoms with Crippen LogP contribution in [0.3, 0.4) is 0 Å². The maximum atomic E-state index is 13.3. The predicted octanol–water partition coefficient (Wildman–Crippen LogP) is 5.27. The molecule has 10 heteroatoms. The summed E-state index contributed by atoms with van der Waals surface area (Å²) in [6, 6.07) is 7.64. The highest BCUT2D eigenvalue weighted by atomic mass is 31.0. The Balaban J connectivity index is 1.67. The number of cyclic esters (lactones) is 1. The second-order valence-corrected chi connectivity index (χ2v) is 9.65. The summed E-state index contributed by atoms with van der Waals surface area (Å²) < 4.78 is 45.9. The van der Waals surface area contributed by atoms with Crippen molar-refractivity contribution in [2.24, 2.45) is 11.8 Å². The maximum Gasteiger partial charge on any atom is 0.310 e. The number of hydrogen-bond donors (Lipinski definition) is 0. The molecule has 0 aromatic heterocycles. The Morgan fingerprint density at radius 2 is 1.68 bits per heavy atom. The molecule has 1 fully saturated rings. The van der Waals surface area contributed by atoms with Crippen molar-refractivity contribution >= 4 is 15.4 Å². The summed E-state index contributed by atoms with van der Waals surface area (Å²) in [5, 5.41) is 0. The van der Waals surface area contributed by atoms with Crippen LogP contribution >= 0.6 is 9.47 Å². The summed E-state index contributed by atoms with van der Waals surface area (Å²) in [7, 11) is 6.95. The molecular weight excluding hydrogens is 511 g/mol. The minimum Gasteiger partial charge on any atom is -0.493 e. The highest BCUT2D eigenvalue weighted by Gasteiger charge is 2.54. The summed E-state index contributed by atoms with van der Waals surface area (Å²) in [4.78, 5) is 13.3. The maximum absolute atomic E-state index is 13.3. The van der Waals surface area contributed by atoms with Gasteiger partial charge in [-0.05, 0) is 54.3 Å². The molecule has 0 bridgehead atoms. The van der Waals surface area contributed by atoms with Gasteiger partial charge in [-0.25, -0.2) is 0 Å². The van der Waals surface area contributed by atoms with Crippen LogP contribution < -0.4 is 23.7 Å². The Kier molecular flexibility index (Phi) is 7.75. The zero-order valence-electron chi connectivity index (χ0n) is 22.0. The third-order valence-electron chi connectivity index (χ3n) is 7.39. The summed E-state index contributed by atoms with van der Waals surface area (Å²) >= 11 is 0. The average molecular weight is 545 g/mol. The minimum atomic E-state index is -0.517. The number of unbranched alkanes of at least 4 members (excludes halogenated alkanes) is 2. The molecule has 0 saturated carbocycles. The summed E-state index contributed by atoms with van der Waals surface area (Å²) in [5.41, 5.74) is 2.59. The van der Waals surface area contributed by atoms with Gasteiger partial charge in [-0.2, -0.15) is 0 Å². The lowest BCUT2D eigenvalue weighted by Crippen LogP contribution is -2.35. The highest BCUT2D eigenvalue weighted by molar-refractivity contribution is 7.10. The fourth-order valence-electron chi connectivity index (χ4n) is 5.62. The molecule has 1 saturated heterocycles. The van der Waals surface area contributed by atoms with Gasteiger partial charge in [-0.3, -0.25) is 4.79 Å². The van der Waals surface area contributed by atoms with E-state index in [2.05, 4.69) is 16.4 Å². The Morgan fingerprint density at radius 1 is 1.00 bits per heavy atom. The lowest BCUT2D eigenvalue weighted by Gasteiger charge is -2.39. The van der Waals surface area contributed by atoms with Gasteiger partial charge in [-0.15, -0.1) is 0 Å². The van der Waals surface area contributed by atoms with Gasteiger partial charge in [0, 0.05) is 17.4 Å². The van der Waals surface area contributed by atoms with Gasteiger partial charge >= 0.3 is 5.97 Å². The van der Waals surface area contributed by atoms with E-state index in [-0.39, 0.29) is 31.2 Å². The van der Waals surface area contributed by atoms with E-state index in [4.69, 9.17) is 37.7 Å². The van der Waals surface area contributed by atoms with E-state index in [0.717, 1.165) is 36.0 Å². The standard InChI is InChI=1S/C28H33O9P/c1-5-6-7-8-23(37-38)36-26-17-12-20-19(34-14-35-20)11-16(17)24(25-18(26)13-33-28(25)29)15-9-21(30-2)27(32-4)22(10-15)31-3/h8-12,18,24-26H,5-7,13-14,38H2,1-4H3/b23-8+.